The lowest BCUT2D eigenvalue weighted by Gasteiger charge is -2.37. The molecule has 2 fully saturated rings. The third-order valence-electron chi connectivity index (χ3n) is 6.05. The molecule has 4 rings (SSSR count). The highest BCUT2D eigenvalue weighted by Gasteiger charge is 2.26. The van der Waals surface area contributed by atoms with Gasteiger partial charge in [0.1, 0.15) is 5.60 Å². The Morgan fingerprint density at radius 2 is 1.26 bits per heavy atom. The summed E-state index contributed by atoms with van der Waals surface area (Å²) in [6.45, 7) is 17.1. The zero-order chi connectivity index (χ0) is 25.6. The molecule has 0 aromatic heterocycles. The number of benzene rings is 2. The average Bonchev–Trinajstić information content (AvgIpc) is 2.79. The van der Waals surface area contributed by atoms with Crippen molar-refractivity contribution in [3.8, 4) is 0 Å². The Labute approximate surface area is 220 Å². The SMILES string of the molecule is Cc1cc(Cl)ccc1N1CCN(C(=O)OC(C)(C)C)CC1.Cc1cc(Cl)ccc1N1CCNCC1. The van der Waals surface area contributed by atoms with Crippen LogP contribution in [-0.4, -0.2) is 69.0 Å². The van der Waals surface area contributed by atoms with E-state index in [2.05, 4.69) is 35.0 Å². The Hall–Kier alpha value is -2.15. The van der Waals surface area contributed by atoms with E-state index < -0.39 is 5.60 Å². The fraction of sp³-hybridized carbons (Fsp3) is 0.519. The molecule has 1 amide bonds. The predicted molar refractivity (Wildman–Crippen MR) is 147 cm³/mol. The Kier molecular flexibility index (Phi) is 9.56. The minimum Gasteiger partial charge on any atom is -0.444 e. The number of piperazine rings is 2. The average molecular weight is 522 g/mol. The molecule has 2 aromatic rings. The lowest BCUT2D eigenvalue weighted by Crippen LogP contribution is -2.50. The van der Waals surface area contributed by atoms with E-state index in [1.807, 2.05) is 51.1 Å². The number of rotatable bonds is 2. The summed E-state index contributed by atoms with van der Waals surface area (Å²) < 4.78 is 5.41. The summed E-state index contributed by atoms with van der Waals surface area (Å²) in [7, 11) is 0. The van der Waals surface area contributed by atoms with Gasteiger partial charge in [0.2, 0.25) is 0 Å². The number of nitrogens with one attached hydrogen (secondary N) is 1. The summed E-state index contributed by atoms with van der Waals surface area (Å²) in [6, 6.07) is 12.0. The van der Waals surface area contributed by atoms with Gasteiger partial charge in [0.05, 0.1) is 0 Å². The van der Waals surface area contributed by atoms with Gasteiger partial charge in [-0.15, -0.1) is 0 Å². The van der Waals surface area contributed by atoms with E-state index in [4.69, 9.17) is 27.9 Å². The molecule has 0 saturated carbocycles. The second-order valence-corrected chi connectivity index (χ2v) is 10.9. The van der Waals surface area contributed by atoms with E-state index in [9.17, 15) is 4.79 Å². The monoisotopic (exact) mass is 520 g/mol. The maximum absolute atomic E-state index is 12.0. The van der Waals surface area contributed by atoms with Crippen LogP contribution in [0.5, 0.6) is 0 Å². The van der Waals surface area contributed by atoms with Gasteiger partial charge < -0.3 is 24.8 Å². The fourth-order valence-electron chi connectivity index (χ4n) is 4.31. The van der Waals surface area contributed by atoms with Crippen LogP contribution in [-0.2, 0) is 4.74 Å². The number of hydrogen-bond acceptors (Lipinski definition) is 5. The summed E-state index contributed by atoms with van der Waals surface area (Å²) in [5, 5.41) is 4.92. The number of hydrogen-bond donors (Lipinski definition) is 1. The smallest absolute Gasteiger partial charge is 0.410 e. The topological polar surface area (TPSA) is 48.1 Å². The first kappa shape index (κ1) is 27.4. The third kappa shape index (κ3) is 8.19. The van der Waals surface area contributed by atoms with Gasteiger partial charge in [-0.2, -0.15) is 0 Å². The van der Waals surface area contributed by atoms with Crippen molar-refractivity contribution in [3.05, 3.63) is 57.6 Å². The van der Waals surface area contributed by atoms with Crippen molar-refractivity contribution in [2.75, 3.05) is 62.2 Å². The highest BCUT2D eigenvalue weighted by atomic mass is 35.5. The lowest BCUT2D eigenvalue weighted by atomic mass is 10.1. The third-order valence-corrected chi connectivity index (χ3v) is 6.52. The van der Waals surface area contributed by atoms with Gasteiger partial charge >= 0.3 is 6.09 Å². The van der Waals surface area contributed by atoms with Gasteiger partial charge in [-0.1, -0.05) is 23.2 Å². The van der Waals surface area contributed by atoms with Gasteiger partial charge in [-0.3, -0.25) is 0 Å². The van der Waals surface area contributed by atoms with Gasteiger partial charge in [0.15, 0.2) is 0 Å². The molecule has 2 aliphatic rings. The minimum absolute atomic E-state index is 0.227. The van der Waals surface area contributed by atoms with E-state index in [1.165, 1.54) is 16.9 Å². The zero-order valence-corrected chi connectivity index (χ0v) is 23.0. The summed E-state index contributed by atoms with van der Waals surface area (Å²) in [5.74, 6) is 0. The van der Waals surface area contributed by atoms with Crippen LogP contribution in [0.1, 0.15) is 31.9 Å². The van der Waals surface area contributed by atoms with Crippen molar-refractivity contribution in [1.29, 1.82) is 0 Å². The maximum Gasteiger partial charge on any atom is 0.410 e. The molecule has 8 heteroatoms. The molecule has 0 unspecified atom stereocenters. The molecule has 2 heterocycles. The fourth-order valence-corrected chi connectivity index (χ4v) is 4.76. The van der Waals surface area contributed by atoms with Crippen LogP contribution < -0.4 is 15.1 Å². The quantitative estimate of drug-likeness (QED) is 0.545. The van der Waals surface area contributed by atoms with E-state index in [-0.39, 0.29) is 6.09 Å². The molecule has 192 valence electrons. The molecule has 0 spiro atoms. The Morgan fingerprint density at radius 3 is 1.69 bits per heavy atom. The number of ether oxygens (including phenoxy) is 1. The molecule has 2 aromatic carbocycles. The van der Waals surface area contributed by atoms with Crippen LogP contribution in [0.15, 0.2) is 36.4 Å². The van der Waals surface area contributed by atoms with Gasteiger partial charge in [0.25, 0.3) is 0 Å². The van der Waals surface area contributed by atoms with Gasteiger partial charge in [0, 0.05) is 73.8 Å². The highest BCUT2D eigenvalue weighted by Crippen LogP contribution is 2.25. The van der Waals surface area contributed by atoms with Crippen LogP contribution in [0.3, 0.4) is 0 Å². The molecule has 0 aliphatic carbocycles. The van der Waals surface area contributed by atoms with E-state index in [1.54, 1.807) is 4.90 Å². The first-order chi connectivity index (χ1) is 16.5. The first-order valence-corrected chi connectivity index (χ1v) is 13.0. The van der Waals surface area contributed by atoms with Gasteiger partial charge in [-0.25, -0.2) is 4.79 Å². The summed E-state index contributed by atoms with van der Waals surface area (Å²) in [5.41, 5.74) is 4.48. The Morgan fingerprint density at radius 1 is 0.800 bits per heavy atom. The predicted octanol–water partition coefficient (Wildman–Crippen LogP) is 5.76. The van der Waals surface area contributed by atoms with Crippen molar-refractivity contribution in [2.45, 2.75) is 40.2 Å². The number of carbonyl (C=O) groups is 1. The highest BCUT2D eigenvalue weighted by molar-refractivity contribution is 6.31. The van der Waals surface area contributed by atoms with Crippen molar-refractivity contribution in [1.82, 2.24) is 10.2 Å². The zero-order valence-electron chi connectivity index (χ0n) is 21.5. The second kappa shape index (κ2) is 12.2. The van der Waals surface area contributed by atoms with E-state index in [0.29, 0.717) is 13.1 Å². The second-order valence-electron chi connectivity index (χ2n) is 10.1. The molecular weight excluding hydrogens is 483 g/mol. The molecule has 0 atom stereocenters. The number of anilines is 2. The molecule has 2 aliphatic heterocycles. The van der Waals surface area contributed by atoms with Crippen molar-refractivity contribution in [2.24, 2.45) is 0 Å². The first-order valence-electron chi connectivity index (χ1n) is 12.2. The van der Waals surface area contributed by atoms with Crippen LogP contribution in [0, 0.1) is 13.8 Å². The van der Waals surface area contributed by atoms with E-state index >= 15 is 0 Å². The number of carbonyl (C=O) groups excluding carboxylic acids is 1. The van der Waals surface area contributed by atoms with E-state index in [0.717, 1.165) is 54.9 Å². The maximum atomic E-state index is 12.0. The van der Waals surface area contributed by atoms with Crippen molar-refractivity contribution >= 4 is 40.7 Å². The molecule has 35 heavy (non-hydrogen) atoms. The summed E-state index contributed by atoms with van der Waals surface area (Å²) in [6.07, 6.45) is -0.227. The van der Waals surface area contributed by atoms with Crippen LogP contribution in [0.2, 0.25) is 10.0 Å². The number of aryl methyl sites for hydroxylation is 2. The van der Waals surface area contributed by atoms with Crippen molar-refractivity contribution < 1.29 is 9.53 Å². The standard InChI is InChI=1S/C16H23ClN2O2.C11H15ClN2/c1-12-11-13(17)5-6-14(12)18-7-9-19(10-8-18)15(20)21-16(2,3)4;1-9-8-10(12)2-3-11(9)14-6-4-13-5-7-14/h5-6,11H,7-10H2,1-4H3;2-3,8,13H,4-7H2,1H3. The van der Waals surface area contributed by atoms with Crippen LogP contribution in [0.4, 0.5) is 16.2 Å². The Bertz CT molecular complexity index is 995. The molecule has 6 nitrogen and oxygen atoms in total. The van der Waals surface area contributed by atoms with Crippen LogP contribution >= 0.6 is 23.2 Å². The normalized spacial score (nSPS) is 16.5. The minimum atomic E-state index is -0.443. The van der Waals surface area contributed by atoms with Crippen LogP contribution in [0.25, 0.3) is 0 Å². The van der Waals surface area contributed by atoms with Gasteiger partial charge in [-0.05, 0) is 82.1 Å². The molecular formula is C27H38Cl2N4O2. The largest absolute Gasteiger partial charge is 0.444 e. The Balaban J connectivity index is 0.000000211. The lowest BCUT2D eigenvalue weighted by molar-refractivity contribution is 0.0240. The molecule has 2 saturated heterocycles. The molecule has 0 radical (unpaired) electrons. The van der Waals surface area contributed by atoms with Crippen molar-refractivity contribution in [3.63, 3.8) is 0 Å². The number of nitrogens with zero attached hydrogens (tertiary/aromatic N) is 3. The molecule has 0 bridgehead atoms. The molecule has 1 N–H and O–H groups in total. The summed E-state index contributed by atoms with van der Waals surface area (Å²) >= 11 is 11.9. The number of halogens is 2. The summed E-state index contributed by atoms with van der Waals surface area (Å²) in [4.78, 5) is 18.5. The number of amides is 1.